The summed E-state index contributed by atoms with van der Waals surface area (Å²) in [5.41, 5.74) is 0.777. The summed E-state index contributed by atoms with van der Waals surface area (Å²) in [6, 6.07) is 13.7. The molecule has 3 nitrogen and oxygen atoms in total. The van der Waals surface area contributed by atoms with Crippen molar-refractivity contribution in [2.24, 2.45) is 0 Å². The van der Waals surface area contributed by atoms with E-state index in [2.05, 4.69) is 5.32 Å². The van der Waals surface area contributed by atoms with Crippen molar-refractivity contribution in [3.63, 3.8) is 0 Å². The third-order valence-corrected chi connectivity index (χ3v) is 4.42. The molecule has 136 valence electrons. The number of halogens is 4. The maximum Gasteiger partial charge on any atom is 0.416 e. The van der Waals surface area contributed by atoms with Gasteiger partial charge in [-0.25, -0.2) is 0 Å². The first-order chi connectivity index (χ1) is 12.8. The number of hydrogen-bond donors (Lipinski definition) is 1. The summed E-state index contributed by atoms with van der Waals surface area (Å²) in [4.78, 5) is 12.2. The van der Waals surface area contributed by atoms with Crippen LogP contribution >= 0.6 is 11.6 Å². The lowest BCUT2D eigenvalue weighted by Gasteiger charge is -2.07. The van der Waals surface area contributed by atoms with Gasteiger partial charge in [0.25, 0.3) is 5.91 Å². The first-order valence-electron chi connectivity index (χ1n) is 7.92. The molecule has 7 heteroatoms. The fraction of sp³-hybridized carbons (Fsp3) is 0.0500. The Morgan fingerprint density at radius 1 is 1.00 bits per heavy atom. The Hall–Kier alpha value is -2.99. The topological polar surface area (TPSA) is 42.2 Å². The van der Waals surface area contributed by atoms with Crippen LogP contribution in [0.2, 0.25) is 5.02 Å². The molecule has 1 amide bonds. The number of hydrogen-bond acceptors (Lipinski definition) is 2. The molecule has 0 spiro atoms. The number of rotatable bonds is 2. The van der Waals surface area contributed by atoms with Gasteiger partial charge in [0.2, 0.25) is 0 Å². The number of alkyl halides is 3. The van der Waals surface area contributed by atoms with Gasteiger partial charge in [-0.1, -0.05) is 17.7 Å². The van der Waals surface area contributed by atoms with Crippen LogP contribution in [0, 0.1) is 0 Å². The third kappa shape index (κ3) is 3.36. The molecular formula is C20H11ClF3NO2. The molecule has 0 fully saturated rings. The minimum absolute atomic E-state index is 0.130. The molecule has 0 aliphatic carbocycles. The van der Waals surface area contributed by atoms with Crippen molar-refractivity contribution in [2.45, 2.75) is 6.18 Å². The zero-order valence-corrected chi connectivity index (χ0v) is 14.4. The van der Waals surface area contributed by atoms with E-state index in [0.717, 1.165) is 17.7 Å². The zero-order valence-electron chi connectivity index (χ0n) is 13.6. The van der Waals surface area contributed by atoms with Gasteiger partial charge in [0, 0.05) is 21.8 Å². The molecule has 0 saturated heterocycles. The Bertz CT molecular complexity index is 1070. The molecule has 0 saturated carbocycles. The maximum absolute atomic E-state index is 12.8. The lowest BCUT2D eigenvalue weighted by atomic mass is 10.0. The highest BCUT2D eigenvalue weighted by molar-refractivity contribution is 6.34. The number of fused-ring (bicyclic) bond motifs is 1. The predicted octanol–water partition coefficient (Wildman–Crippen LogP) is 6.11. The summed E-state index contributed by atoms with van der Waals surface area (Å²) in [6.07, 6.45) is -2.96. The van der Waals surface area contributed by atoms with Gasteiger partial charge < -0.3 is 9.73 Å². The van der Waals surface area contributed by atoms with Gasteiger partial charge in [-0.3, -0.25) is 4.79 Å². The summed E-state index contributed by atoms with van der Waals surface area (Å²) >= 11 is 5.87. The van der Waals surface area contributed by atoms with Crippen LogP contribution in [-0.2, 0) is 11.0 Å². The van der Waals surface area contributed by atoms with Crippen molar-refractivity contribution in [1.29, 1.82) is 0 Å². The van der Waals surface area contributed by atoms with E-state index in [4.69, 9.17) is 16.0 Å². The standard InChI is InChI=1S/C20H11ClF3NO2/c21-13-4-1-11(2-5-13)18-8-6-14(27-18)10-16-15-7-3-12(20(22,23)24)9-17(15)25-19(16)26/h1-10H,(H,25,26)/b16-10-. The van der Waals surface area contributed by atoms with E-state index < -0.39 is 17.6 Å². The molecule has 0 unspecified atom stereocenters. The van der Waals surface area contributed by atoms with Gasteiger partial charge in [-0.2, -0.15) is 13.2 Å². The molecule has 4 rings (SSSR count). The lowest BCUT2D eigenvalue weighted by molar-refractivity contribution is -0.137. The molecule has 2 heterocycles. The lowest BCUT2D eigenvalue weighted by Crippen LogP contribution is -2.06. The van der Waals surface area contributed by atoms with E-state index in [9.17, 15) is 18.0 Å². The van der Waals surface area contributed by atoms with E-state index in [-0.39, 0.29) is 11.3 Å². The minimum atomic E-state index is -4.47. The van der Waals surface area contributed by atoms with Gasteiger partial charge in [0.15, 0.2) is 0 Å². The molecule has 27 heavy (non-hydrogen) atoms. The highest BCUT2D eigenvalue weighted by Gasteiger charge is 2.33. The number of carbonyl (C=O) groups is 1. The van der Waals surface area contributed by atoms with E-state index in [1.54, 1.807) is 36.4 Å². The van der Waals surface area contributed by atoms with Crippen LogP contribution in [0.4, 0.5) is 18.9 Å². The largest absolute Gasteiger partial charge is 0.457 e. The molecule has 0 radical (unpaired) electrons. The molecule has 1 aliphatic heterocycles. The van der Waals surface area contributed by atoms with Crippen molar-refractivity contribution in [1.82, 2.24) is 0 Å². The Balaban J connectivity index is 1.68. The number of benzene rings is 2. The highest BCUT2D eigenvalue weighted by atomic mass is 35.5. The van der Waals surface area contributed by atoms with Crippen molar-refractivity contribution in [2.75, 3.05) is 5.32 Å². The van der Waals surface area contributed by atoms with Gasteiger partial charge in [-0.15, -0.1) is 0 Å². The number of amides is 1. The summed E-state index contributed by atoms with van der Waals surface area (Å²) in [7, 11) is 0. The van der Waals surface area contributed by atoms with E-state index in [0.29, 0.717) is 22.1 Å². The first-order valence-corrected chi connectivity index (χ1v) is 8.29. The van der Waals surface area contributed by atoms with Crippen molar-refractivity contribution in [3.8, 4) is 11.3 Å². The van der Waals surface area contributed by atoms with Gasteiger partial charge in [-0.05, 0) is 54.6 Å². The zero-order chi connectivity index (χ0) is 19.2. The average Bonchev–Trinajstić information content (AvgIpc) is 3.20. The Morgan fingerprint density at radius 2 is 1.74 bits per heavy atom. The predicted molar refractivity (Wildman–Crippen MR) is 97.1 cm³/mol. The Labute approximate surface area is 157 Å². The van der Waals surface area contributed by atoms with Gasteiger partial charge >= 0.3 is 6.18 Å². The number of furan rings is 1. The number of carbonyl (C=O) groups excluding carboxylic acids is 1. The normalized spacial score (nSPS) is 15.1. The van der Waals surface area contributed by atoms with E-state index in [1.165, 1.54) is 12.1 Å². The van der Waals surface area contributed by atoms with Crippen LogP contribution in [0.5, 0.6) is 0 Å². The second kappa shape index (κ2) is 6.32. The maximum atomic E-state index is 12.8. The second-order valence-corrected chi connectivity index (χ2v) is 6.42. The number of anilines is 1. The molecule has 3 aromatic rings. The smallest absolute Gasteiger partial charge is 0.416 e. The number of nitrogens with one attached hydrogen (secondary N) is 1. The van der Waals surface area contributed by atoms with Crippen LogP contribution in [-0.4, -0.2) is 5.91 Å². The molecule has 0 atom stereocenters. The van der Waals surface area contributed by atoms with Gasteiger partial charge in [0.1, 0.15) is 11.5 Å². The van der Waals surface area contributed by atoms with Crippen molar-refractivity contribution >= 4 is 34.8 Å². The molecule has 1 aromatic heterocycles. The van der Waals surface area contributed by atoms with Crippen molar-refractivity contribution in [3.05, 3.63) is 76.5 Å². The highest BCUT2D eigenvalue weighted by Crippen LogP contribution is 2.38. The molecular weight excluding hydrogens is 379 g/mol. The fourth-order valence-corrected chi connectivity index (χ4v) is 2.98. The van der Waals surface area contributed by atoms with Crippen LogP contribution in [0.15, 0.2) is 59.0 Å². The summed E-state index contributed by atoms with van der Waals surface area (Å²) < 4.78 is 44.2. The van der Waals surface area contributed by atoms with Crippen LogP contribution < -0.4 is 5.32 Å². The summed E-state index contributed by atoms with van der Waals surface area (Å²) in [6.45, 7) is 0. The van der Waals surface area contributed by atoms with Crippen LogP contribution in [0.25, 0.3) is 23.0 Å². The quantitative estimate of drug-likeness (QED) is 0.537. The molecule has 2 aromatic carbocycles. The SMILES string of the molecule is O=C1Nc2cc(C(F)(F)F)ccc2/C1=C/c1ccc(-c2ccc(Cl)cc2)o1. The third-order valence-electron chi connectivity index (χ3n) is 4.17. The van der Waals surface area contributed by atoms with Crippen LogP contribution in [0.3, 0.4) is 0 Å². The molecule has 1 aliphatic rings. The van der Waals surface area contributed by atoms with E-state index in [1.807, 2.05) is 0 Å². The monoisotopic (exact) mass is 389 g/mol. The first kappa shape index (κ1) is 17.4. The average molecular weight is 390 g/mol. The molecule has 0 bridgehead atoms. The van der Waals surface area contributed by atoms with Gasteiger partial charge in [0.05, 0.1) is 11.1 Å². The van der Waals surface area contributed by atoms with E-state index >= 15 is 0 Å². The van der Waals surface area contributed by atoms with Crippen LogP contribution in [0.1, 0.15) is 16.9 Å². The Kier molecular flexibility index (Phi) is 4.08. The molecule has 1 N–H and O–H groups in total. The summed E-state index contributed by atoms with van der Waals surface area (Å²) in [5.74, 6) is 0.524. The van der Waals surface area contributed by atoms with Crippen molar-refractivity contribution < 1.29 is 22.4 Å². The minimum Gasteiger partial charge on any atom is -0.457 e. The Morgan fingerprint density at radius 3 is 2.44 bits per heavy atom. The second-order valence-electron chi connectivity index (χ2n) is 5.98. The fourth-order valence-electron chi connectivity index (χ4n) is 2.86. The summed E-state index contributed by atoms with van der Waals surface area (Å²) in [5, 5.41) is 3.06.